The number of nitrogens with zero attached hydrogens (tertiary/aromatic N) is 4. The molecule has 7 heteroatoms. The van der Waals surface area contributed by atoms with Gasteiger partial charge in [0.25, 0.3) is 0 Å². The number of ether oxygens (including phenoxy) is 2. The summed E-state index contributed by atoms with van der Waals surface area (Å²) >= 11 is 0. The van der Waals surface area contributed by atoms with Crippen molar-refractivity contribution in [3.8, 4) is 22.9 Å². The Morgan fingerprint density at radius 3 is 2.71 bits per heavy atom. The summed E-state index contributed by atoms with van der Waals surface area (Å²) < 4.78 is 11.4. The predicted octanol–water partition coefficient (Wildman–Crippen LogP) is 4.42. The van der Waals surface area contributed by atoms with Gasteiger partial charge in [-0.05, 0) is 49.2 Å². The molecule has 1 saturated heterocycles. The standard InChI is InChI=1S/C24H25N5O2/c1-30-20-9-12-29(13-10-20)16-19-4-2-17-14-21(5-6-22(17)27-19)31-24-7-3-18(15-25-24)23-8-11-26-28-23/h2-8,11,14-15,20H,9-10,12-13,16H2,1H3,(H,26,28). The SMILES string of the molecule is COC1CCN(Cc2ccc3cc(Oc4ccc(-c5ccn[nH]5)cn4)ccc3n2)CC1. The average molecular weight is 415 g/mol. The largest absolute Gasteiger partial charge is 0.439 e. The van der Waals surface area contributed by atoms with Crippen molar-refractivity contribution in [1.29, 1.82) is 0 Å². The van der Waals surface area contributed by atoms with Crippen LogP contribution in [0.3, 0.4) is 0 Å². The van der Waals surface area contributed by atoms with Crippen LogP contribution in [0.5, 0.6) is 11.6 Å². The number of H-pyrrole nitrogens is 1. The zero-order valence-electron chi connectivity index (χ0n) is 17.5. The van der Waals surface area contributed by atoms with Gasteiger partial charge in [-0.1, -0.05) is 6.07 Å². The van der Waals surface area contributed by atoms with E-state index in [0.29, 0.717) is 12.0 Å². The van der Waals surface area contributed by atoms with E-state index in [1.165, 1.54) is 0 Å². The number of aromatic amines is 1. The highest BCUT2D eigenvalue weighted by molar-refractivity contribution is 5.80. The highest BCUT2D eigenvalue weighted by Gasteiger charge is 2.19. The third-order valence-electron chi connectivity index (χ3n) is 5.74. The predicted molar refractivity (Wildman–Crippen MR) is 119 cm³/mol. The maximum absolute atomic E-state index is 5.95. The van der Waals surface area contributed by atoms with Crippen molar-refractivity contribution < 1.29 is 9.47 Å². The Morgan fingerprint density at radius 2 is 1.97 bits per heavy atom. The number of hydrogen-bond donors (Lipinski definition) is 1. The highest BCUT2D eigenvalue weighted by Crippen LogP contribution is 2.26. The van der Waals surface area contributed by atoms with Crippen LogP contribution in [-0.4, -0.2) is 51.4 Å². The fourth-order valence-electron chi connectivity index (χ4n) is 3.97. The molecule has 1 fully saturated rings. The summed E-state index contributed by atoms with van der Waals surface area (Å²) in [4.78, 5) is 11.7. The van der Waals surface area contributed by atoms with Gasteiger partial charge in [0, 0.05) is 56.2 Å². The van der Waals surface area contributed by atoms with Crippen LogP contribution in [0.25, 0.3) is 22.2 Å². The van der Waals surface area contributed by atoms with Gasteiger partial charge in [0.15, 0.2) is 0 Å². The van der Waals surface area contributed by atoms with Gasteiger partial charge in [-0.2, -0.15) is 5.10 Å². The van der Waals surface area contributed by atoms with Gasteiger partial charge >= 0.3 is 0 Å². The molecule has 0 radical (unpaired) electrons. The van der Waals surface area contributed by atoms with E-state index >= 15 is 0 Å². The van der Waals surface area contributed by atoms with Crippen LogP contribution in [-0.2, 0) is 11.3 Å². The molecule has 4 aromatic rings. The lowest BCUT2D eigenvalue weighted by Crippen LogP contribution is -2.36. The number of rotatable bonds is 6. The van der Waals surface area contributed by atoms with Crippen molar-refractivity contribution in [1.82, 2.24) is 25.1 Å². The molecule has 31 heavy (non-hydrogen) atoms. The number of hydrogen-bond acceptors (Lipinski definition) is 6. The Bertz CT molecular complexity index is 1140. The van der Waals surface area contributed by atoms with E-state index in [1.54, 1.807) is 19.5 Å². The Hall–Kier alpha value is -3.29. The van der Waals surface area contributed by atoms with Gasteiger partial charge in [-0.25, -0.2) is 4.98 Å². The van der Waals surface area contributed by atoms with Crippen molar-refractivity contribution in [3.63, 3.8) is 0 Å². The Morgan fingerprint density at radius 1 is 1.06 bits per heavy atom. The third-order valence-corrected chi connectivity index (χ3v) is 5.74. The maximum atomic E-state index is 5.95. The molecule has 0 aliphatic carbocycles. The second-order valence-electron chi connectivity index (χ2n) is 7.83. The van der Waals surface area contributed by atoms with Crippen LogP contribution in [0, 0.1) is 0 Å². The monoisotopic (exact) mass is 415 g/mol. The quantitative estimate of drug-likeness (QED) is 0.502. The highest BCUT2D eigenvalue weighted by atomic mass is 16.5. The van der Waals surface area contributed by atoms with Crippen molar-refractivity contribution in [2.24, 2.45) is 0 Å². The molecule has 0 amide bonds. The molecule has 0 unspecified atom stereocenters. The molecule has 1 aromatic carbocycles. The fraction of sp³-hybridized carbons (Fsp3) is 0.292. The van der Waals surface area contributed by atoms with Gasteiger partial charge in [0.05, 0.1) is 23.0 Å². The smallest absolute Gasteiger partial charge is 0.219 e. The fourth-order valence-corrected chi connectivity index (χ4v) is 3.97. The maximum Gasteiger partial charge on any atom is 0.219 e. The molecule has 1 aliphatic rings. The third kappa shape index (κ3) is 4.57. The first-order valence-corrected chi connectivity index (χ1v) is 10.6. The summed E-state index contributed by atoms with van der Waals surface area (Å²) in [7, 11) is 1.80. The average Bonchev–Trinajstić information content (AvgIpc) is 3.35. The Kier molecular flexibility index (Phi) is 5.60. The van der Waals surface area contributed by atoms with Crippen LogP contribution < -0.4 is 4.74 Å². The molecule has 0 spiro atoms. The van der Waals surface area contributed by atoms with Gasteiger partial charge in [-0.3, -0.25) is 15.0 Å². The molecular formula is C24H25N5O2. The van der Waals surface area contributed by atoms with Crippen molar-refractivity contribution >= 4 is 10.9 Å². The second kappa shape index (κ2) is 8.83. The Labute approximate surface area is 181 Å². The number of likely N-dealkylation sites (tertiary alicyclic amines) is 1. The minimum absolute atomic E-state index is 0.399. The molecule has 0 atom stereocenters. The van der Waals surface area contributed by atoms with Gasteiger partial charge in [-0.15, -0.1) is 0 Å². The summed E-state index contributed by atoms with van der Waals surface area (Å²) in [6.45, 7) is 2.98. The summed E-state index contributed by atoms with van der Waals surface area (Å²) in [5, 5.41) is 7.95. The lowest BCUT2D eigenvalue weighted by atomic mass is 10.1. The molecular weight excluding hydrogens is 390 g/mol. The molecule has 3 aromatic heterocycles. The van der Waals surface area contributed by atoms with Gasteiger partial charge in [0.1, 0.15) is 5.75 Å². The van der Waals surface area contributed by atoms with E-state index < -0.39 is 0 Å². The van der Waals surface area contributed by atoms with E-state index in [-0.39, 0.29) is 0 Å². The number of benzene rings is 1. The zero-order chi connectivity index (χ0) is 21.0. The van der Waals surface area contributed by atoms with E-state index in [1.807, 2.05) is 36.4 Å². The van der Waals surface area contributed by atoms with Crippen LogP contribution in [0.1, 0.15) is 18.5 Å². The van der Waals surface area contributed by atoms with E-state index in [9.17, 15) is 0 Å². The molecule has 0 bridgehead atoms. The van der Waals surface area contributed by atoms with Crippen molar-refractivity contribution in [3.05, 3.63) is 66.6 Å². The van der Waals surface area contributed by atoms with Crippen LogP contribution >= 0.6 is 0 Å². The van der Waals surface area contributed by atoms with E-state index in [0.717, 1.165) is 66.1 Å². The molecule has 4 heterocycles. The number of nitrogens with one attached hydrogen (secondary N) is 1. The number of pyridine rings is 2. The summed E-state index contributed by atoms with van der Waals surface area (Å²) in [6, 6.07) is 15.9. The first-order valence-electron chi connectivity index (χ1n) is 10.6. The summed E-state index contributed by atoms with van der Waals surface area (Å²) in [5.41, 5.74) is 3.95. The molecule has 5 rings (SSSR count). The number of methoxy groups -OCH3 is 1. The lowest BCUT2D eigenvalue weighted by Gasteiger charge is -2.30. The molecule has 7 nitrogen and oxygen atoms in total. The normalized spacial score (nSPS) is 15.4. The minimum Gasteiger partial charge on any atom is -0.439 e. The second-order valence-corrected chi connectivity index (χ2v) is 7.83. The first-order chi connectivity index (χ1) is 15.3. The lowest BCUT2D eigenvalue weighted by molar-refractivity contribution is 0.0385. The summed E-state index contributed by atoms with van der Waals surface area (Å²) in [6.07, 6.45) is 6.06. The van der Waals surface area contributed by atoms with Crippen molar-refractivity contribution in [2.45, 2.75) is 25.5 Å². The van der Waals surface area contributed by atoms with Crippen molar-refractivity contribution in [2.75, 3.05) is 20.2 Å². The molecule has 1 aliphatic heterocycles. The molecule has 158 valence electrons. The van der Waals surface area contributed by atoms with Crippen LogP contribution in [0.2, 0.25) is 0 Å². The van der Waals surface area contributed by atoms with Crippen LogP contribution in [0.15, 0.2) is 60.9 Å². The number of piperidine rings is 1. The van der Waals surface area contributed by atoms with Gasteiger partial charge in [0.2, 0.25) is 5.88 Å². The van der Waals surface area contributed by atoms with Gasteiger partial charge < -0.3 is 9.47 Å². The van der Waals surface area contributed by atoms with Crippen LogP contribution in [0.4, 0.5) is 0 Å². The number of fused-ring (bicyclic) bond motifs is 1. The van der Waals surface area contributed by atoms with E-state index in [4.69, 9.17) is 14.5 Å². The van der Waals surface area contributed by atoms with E-state index in [2.05, 4.69) is 32.2 Å². The first kappa shape index (κ1) is 19.7. The molecule has 0 saturated carbocycles. The summed E-state index contributed by atoms with van der Waals surface area (Å²) in [5.74, 6) is 1.29. The zero-order valence-corrected chi connectivity index (χ0v) is 17.5. The molecule has 1 N–H and O–H groups in total. The number of aromatic nitrogens is 4. The Balaban J connectivity index is 1.25. The minimum atomic E-state index is 0.399. The topological polar surface area (TPSA) is 76.2 Å².